The maximum atomic E-state index is 11.4. The van der Waals surface area contributed by atoms with Crippen molar-refractivity contribution in [3.8, 4) is 0 Å². The van der Waals surface area contributed by atoms with Crippen molar-refractivity contribution in [3.05, 3.63) is 0 Å². The molecule has 0 rings (SSSR count). The molecular weight excluding hydrogens is 319 g/mol. The second-order valence-electron chi connectivity index (χ2n) is 4.24. The summed E-state index contributed by atoms with van der Waals surface area (Å²) in [6.07, 6.45) is 0.769. The maximum Gasteiger partial charge on any atom is 3.00 e. The number of hydrogen-bond donors (Lipinski definition) is 0. The van der Waals surface area contributed by atoms with Crippen LogP contribution >= 0.6 is 0 Å². The topological polar surface area (TPSA) is 96.9 Å². The molecule has 0 aliphatic heterocycles. The normalized spacial score (nSPS) is 12.8. The van der Waals surface area contributed by atoms with Gasteiger partial charge in [0.15, 0.2) is 0 Å². The fourth-order valence-corrected chi connectivity index (χ4v) is 1.97. The molecule has 0 fully saturated rings. The van der Waals surface area contributed by atoms with Gasteiger partial charge in [-0.3, -0.25) is 0 Å². The molecule has 0 N–H and O–H groups in total. The zero-order chi connectivity index (χ0) is 17.3. The van der Waals surface area contributed by atoms with Gasteiger partial charge in [-0.1, -0.05) is 40.5 Å². The van der Waals surface area contributed by atoms with E-state index >= 15 is 0 Å². The molecule has 0 spiro atoms. The molecule has 0 radical (unpaired) electrons. The van der Waals surface area contributed by atoms with Crippen molar-refractivity contribution in [2.24, 2.45) is 0 Å². The maximum absolute atomic E-state index is 11.4. The van der Waals surface area contributed by atoms with Gasteiger partial charge in [-0.15, -0.1) is 12.2 Å². The number of rotatable bonds is 8. The molecular formula is C14H33AlO6Si. The Morgan fingerprint density at radius 2 is 0.909 bits per heavy atom. The molecule has 8 heteroatoms. The molecule has 0 aromatic carbocycles. The molecule has 6 nitrogen and oxygen atoms in total. The van der Waals surface area contributed by atoms with E-state index in [1.807, 2.05) is 13.8 Å². The van der Waals surface area contributed by atoms with Crippen LogP contribution in [-0.2, 0) is 13.3 Å². The van der Waals surface area contributed by atoms with Crippen LogP contribution in [0.2, 0.25) is 0 Å². The van der Waals surface area contributed by atoms with Crippen LogP contribution in [0.4, 0.5) is 0 Å². The Hall–Kier alpha value is 0.509. The van der Waals surface area contributed by atoms with Gasteiger partial charge >= 0.3 is 26.4 Å². The van der Waals surface area contributed by atoms with E-state index in [2.05, 4.69) is 0 Å². The van der Waals surface area contributed by atoms with Gasteiger partial charge in [0, 0.05) is 19.8 Å². The molecule has 0 aromatic rings. The van der Waals surface area contributed by atoms with Crippen molar-refractivity contribution in [1.29, 1.82) is 0 Å². The van der Waals surface area contributed by atoms with E-state index < -0.39 is 9.05 Å². The van der Waals surface area contributed by atoms with Gasteiger partial charge < -0.3 is 28.3 Å². The molecule has 0 aromatic heterocycles. The Morgan fingerprint density at radius 1 is 0.727 bits per heavy atom. The van der Waals surface area contributed by atoms with Crippen LogP contribution in [0.15, 0.2) is 0 Å². The molecule has 0 amide bonds. The van der Waals surface area contributed by atoms with Crippen LogP contribution in [0.25, 0.3) is 0 Å². The summed E-state index contributed by atoms with van der Waals surface area (Å²) in [5.74, 6) is 0. The van der Waals surface area contributed by atoms with Crippen LogP contribution in [-0.4, -0.2) is 58.4 Å². The Balaban J connectivity index is -0.000000124. The third-order valence-corrected chi connectivity index (χ3v) is 4.04. The van der Waals surface area contributed by atoms with Crippen molar-refractivity contribution in [1.82, 2.24) is 0 Å². The summed E-state index contributed by atoms with van der Waals surface area (Å²) in [5.41, 5.74) is 0. The zero-order valence-corrected chi connectivity index (χ0v) is 17.4. The summed E-state index contributed by atoms with van der Waals surface area (Å²) in [6.45, 7) is 13.4. The average molecular weight is 352 g/mol. The minimum absolute atomic E-state index is 0. The van der Waals surface area contributed by atoms with Gasteiger partial charge in [0.05, 0.1) is 0 Å². The van der Waals surface area contributed by atoms with Gasteiger partial charge in [-0.2, -0.15) is 0 Å². The summed E-state index contributed by atoms with van der Waals surface area (Å²) in [7, 11) is -3.50. The van der Waals surface area contributed by atoms with Crippen molar-refractivity contribution >= 4 is 26.4 Å². The van der Waals surface area contributed by atoms with E-state index in [4.69, 9.17) is 13.3 Å². The quantitative estimate of drug-likeness (QED) is 0.561. The van der Waals surface area contributed by atoms with Gasteiger partial charge in [-0.25, -0.2) is 0 Å². The molecule has 0 aliphatic carbocycles. The van der Waals surface area contributed by atoms with Gasteiger partial charge in [-0.05, 0) is 20.8 Å². The van der Waals surface area contributed by atoms with Gasteiger partial charge in [0.25, 0.3) is 0 Å². The third kappa shape index (κ3) is 28.6. The zero-order valence-electron chi connectivity index (χ0n) is 15.2. The van der Waals surface area contributed by atoms with E-state index in [0.717, 1.165) is 12.8 Å². The predicted octanol–water partition coefficient (Wildman–Crippen LogP) is -0.199. The van der Waals surface area contributed by atoms with Crippen molar-refractivity contribution in [2.75, 3.05) is 19.8 Å². The first-order valence-corrected chi connectivity index (χ1v) is 9.29. The Labute approximate surface area is 148 Å². The minimum atomic E-state index is -3.50. The summed E-state index contributed by atoms with van der Waals surface area (Å²) in [6, 6.07) is 0. The largest absolute Gasteiger partial charge is 3.00 e. The standard InChI is InChI=1S/C6H15O4Si.2C4H9O.Al/c1-4-8-11(7,9-5-2)10-6-3;2*1-3-4(2)5;/h4-6H2,1-3H3;2*4H,3H2,1-2H3;/q3*-1;+3. The Kier molecular flexibility index (Phi) is 29.7. The van der Waals surface area contributed by atoms with Crippen LogP contribution < -0.4 is 15.0 Å². The molecule has 2 atom stereocenters. The fourth-order valence-electron chi connectivity index (χ4n) is 0.655. The van der Waals surface area contributed by atoms with E-state index in [1.165, 1.54) is 0 Å². The van der Waals surface area contributed by atoms with Gasteiger partial charge in [0.1, 0.15) is 0 Å². The second kappa shape index (κ2) is 21.5. The Bertz CT molecular complexity index is 171. The van der Waals surface area contributed by atoms with E-state index in [9.17, 15) is 15.0 Å². The summed E-state index contributed by atoms with van der Waals surface area (Å²) >= 11 is 0. The summed E-state index contributed by atoms with van der Waals surface area (Å²) in [4.78, 5) is 11.4. The molecule has 0 saturated carbocycles. The van der Waals surface area contributed by atoms with Gasteiger partial charge in [0.2, 0.25) is 0 Å². The SMILES string of the molecule is CCC(C)[O-].CCC(C)[O-].CCO[Si]([O-])(OCC)OCC.[Al+3]. The average Bonchev–Trinajstić information content (AvgIpc) is 2.40. The molecule has 0 saturated heterocycles. The third-order valence-electron chi connectivity index (χ3n) is 2.11. The molecule has 0 aliphatic rings. The predicted molar refractivity (Wildman–Crippen MR) is 85.9 cm³/mol. The van der Waals surface area contributed by atoms with Crippen molar-refractivity contribution in [2.45, 2.75) is 73.5 Å². The molecule has 132 valence electrons. The van der Waals surface area contributed by atoms with E-state index in [1.54, 1.807) is 34.6 Å². The molecule has 0 bridgehead atoms. The molecule has 0 heterocycles. The van der Waals surface area contributed by atoms with E-state index in [0.29, 0.717) is 19.8 Å². The smallest absolute Gasteiger partial charge is 0.852 e. The molecule has 2 unspecified atom stereocenters. The van der Waals surface area contributed by atoms with Crippen LogP contribution in [0, 0.1) is 0 Å². The summed E-state index contributed by atoms with van der Waals surface area (Å²) < 4.78 is 14.5. The summed E-state index contributed by atoms with van der Waals surface area (Å²) in [5, 5.41) is 19.8. The van der Waals surface area contributed by atoms with Crippen molar-refractivity contribution in [3.63, 3.8) is 0 Å². The second-order valence-corrected chi connectivity index (χ2v) is 6.10. The first-order chi connectivity index (χ1) is 9.72. The first kappa shape index (κ1) is 30.4. The van der Waals surface area contributed by atoms with Crippen LogP contribution in [0.3, 0.4) is 0 Å². The molecule has 22 heavy (non-hydrogen) atoms. The monoisotopic (exact) mass is 352 g/mol. The first-order valence-electron chi connectivity index (χ1n) is 7.66. The Morgan fingerprint density at radius 3 is 1.00 bits per heavy atom. The van der Waals surface area contributed by atoms with Crippen LogP contribution in [0.1, 0.15) is 61.3 Å². The minimum Gasteiger partial charge on any atom is -0.852 e. The van der Waals surface area contributed by atoms with Crippen LogP contribution in [0.5, 0.6) is 0 Å². The fraction of sp³-hybridized carbons (Fsp3) is 1.00. The number of hydrogen-bond acceptors (Lipinski definition) is 6. The van der Waals surface area contributed by atoms with Crippen molar-refractivity contribution < 1.29 is 28.3 Å². The van der Waals surface area contributed by atoms with E-state index in [-0.39, 0.29) is 29.6 Å².